The van der Waals surface area contributed by atoms with E-state index in [-0.39, 0.29) is 12.3 Å². The van der Waals surface area contributed by atoms with E-state index in [1.807, 2.05) is 20.8 Å². The Morgan fingerprint density at radius 1 is 1.00 bits per heavy atom. The van der Waals surface area contributed by atoms with Gasteiger partial charge in [0.15, 0.2) is 0 Å². The van der Waals surface area contributed by atoms with Crippen molar-refractivity contribution < 1.29 is 33.4 Å². The highest BCUT2D eigenvalue weighted by atomic mass is 16.6. The Hall–Kier alpha value is -3.30. The number of esters is 2. The Labute approximate surface area is 225 Å². The number of amides is 2. The monoisotopic (exact) mass is 533 g/mol. The van der Waals surface area contributed by atoms with Crippen molar-refractivity contribution in [3.63, 3.8) is 0 Å². The molecule has 0 unspecified atom stereocenters. The number of benzene rings is 1. The first-order valence-corrected chi connectivity index (χ1v) is 13.1. The average Bonchev–Trinajstić information content (AvgIpc) is 2.92. The molecule has 0 bridgehead atoms. The van der Waals surface area contributed by atoms with Crippen LogP contribution in [0.3, 0.4) is 0 Å². The third kappa shape index (κ3) is 10.6. The quantitative estimate of drug-likeness (QED) is 0.258. The molecule has 2 N–H and O–H groups in total. The number of methoxy groups -OCH3 is 1. The minimum Gasteiger partial charge on any atom is -0.469 e. The van der Waals surface area contributed by atoms with Crippen LogP contribution in [0.2, 0.25) is 0 Å². The van der Waals surface area contributed by atoms with Crippen LogP contribution < -0.4 is 10.6 Å². The lowest BCUT2D eigenvalue weighted by Gasteiger charge is -2.24. The molecule has 38 heavy (non-hydrogen) atoms. The van der Waals surface area contributed by atoms with Crippen LogP contribution in [0.25, 0.3) is 0 Å². The molecule has 1 aromatic rings. The summed E-state index contributed by atoms with van der Waals surface area (Å²) in [5.74, 6) is -1.12. The number of fused-ring (bicyclic) bond motifs is 1. The molecule has 1 heterocycles. The van der Waals surface area contributed by atoms with Crippen molar-refractivity contribution in [2.75, 3.05) is 25.5 Å². The van der Waals surface area contributed by atoms with Crippen LogP contribution in [0.5, 0.6) is 0 Å². The van der Waals surface area contributed by atoms with Crippen molar-refractivity contribution in [3.8, 4) is 0 Å². The average molecular weight is 534 g/mol. The molecule has 0 aromatic heterocycles. The van der Waals surface area contributed by atoms with Crippen LogP contribution in [0.15, 0.2) is 18.2 Å². The van der Waals surface area contributed by atoms with Gasteiger partial charge in [0.2, 0.25) is 5.91 Å². The van der Waals surface area contributed by atoms with Crippen LogP contribution in [0, 0.1) is 0 Å². The molecule has 212 valence electrons. The van der Waals surface area contributed by atoms with Crippen molar-refractivity contribution in [1.29, 1.82) is 0 Å². The Morgan fingerprint density at radius 3 is 2.29 bits per heavy atom. The maximum atomic E-state index is 13.3. The Balaban J connectivity index is 2.01. The van der Waals surface area contributed by atoms with Gasteiger partial charge in [-0.1, -0.05) is 12.8 Å². The smallest absolute Gasteiger partial charge is 0.407 e. The predicted octanol–water partition coefficient (Wildman–Crippen LogP) is 4.41. The summed E-state index contributed by atoms with van der Waals surface area (Å²) in [6.07, 6.45) is 2.75. The zero-order valence-electron chi connectivity index (χ0n) is 23.8. The second kappa shape index (κ2) is 13.5. The largest absolute Gasteiger partial charge is 0.469 e. The lowest BCUT2D eigenvalue weighted by atomic mass is 10.1. The van der Waals surface area contributed by atoms with Crippen molar-refractivity contribution >= 4 is 29.6 Å². The third-order valence-electron chi connectivity index (χ3n) is 5.66. The van der Waals surface area contributed by atoms with E-state index in [9.17, 15) is 19.2 Å². The number of unbranched alkanes of at least 4 members (excludes halogenated alkanes) is 3. The van der Waals surface area contributed by atoms with Crippen LogP contribution in [0.1, 0.15) is 89.6 Å². The fraction of sp³-hybridized carbons (Fsp3) is 0.643. The minimum atomic E-state index is -0.769. The molecule has 0 fully saturated rings. The van der Waals surface area contributed by atoms with Gasteiger partial charge < -0.3 is 29.7 Å². The molecule has 0 radical (unpaired) electrons. The SMILES string of the molecule is COC(=O)C[C@H]1Nc2ccc(C(=O)OC(C)(C)C)cc2CN(CCCCCCNC(=O)OC(C)(C)C)C1=O. The molecule has 0 aliphatic carbocycles. The zero-order valence-corrected chi connectivity index (χ0v) is 23.8. The summed E-state index contributed by atoms with van der Waals surface area (Å²) in [5, 5.41) is 5.92. The number of nitrogens with zero attached hydrogens (tertiary/aromatic N) is 1. The molecule has 0 spiro atoms. The van der Waals surface area contributed by atoms with Crippen molar-refractivity contribution in [2.45, 2.75) is 97.4 Å². The topological polar surface area (TPSA) is 123 Å². The summed E-state index contributed by atoms with van der Waals surface area (Å²) in [6, 6.07) is 4.36. The number of hydrogen-bond donors (Lipinski definition) is 2. The highest BCUT2D eigenvalue weighted by Crippen LogP contribution is 2.27. The van der Waals surface area contributed by atoms with Crippen molar-refractivity contribution in [2.24, 2.45) is 0 Å². The van der Waals surface area contributed by atoms with E-state index >= 15 is 0 Å². The standard InChI is InChI=1S/C28H43N3O7/c1-27(2,3)37-25(34)19-12-13-21-20(16-19)18-31(24(33)22(30-21)17-23(32)36-7)15-11-9-8-10-14-29-26(35)38-28(4,5)6/h12-13,16,22,30H,8-11,14-15,17-18H2,1-7H3,(H,29,35)/t22-/m1/s1. The molecule has 10 nitrogen and oxygen atoms in total. The van der Waals surface area contributed by atoms with E-state index in [4.69, 9.17) is 14.2 Å². The van der Waals surface area contributed by atoms with E-state index in [1.54, 1.807) is 43.9 Å². The fourth-order valence-electron chi connectivity index (χ4n) is 3.95. The number of anilines is 1. The summed E-state index contributed by atoms with van der Waals surface area (Å²) in [4.78, 5) is 51.4. The Morgan fingerprint density at radius 2 is 1.66 bits per heavy atom. The summed E-state index contributed by atoms with van der Waals surface area (Å²) in [6.45, 7) is 12.2. The number of nitrogens with one attached hydrogen (secondary N) is 2. The molecule has 10 heteroatoms. The fourth-order valence-corrected chi connectivity index (χ4v) is 3.95. The van der Waals surface area contributed by atoms with E-state index in [0.29, 0.717) is 30.9 Å². The summed E-state index contributed by atoms with van der Waals surface area (Å²) in [5.41, 5.74) is 0.706. The van der Waals surface area contributed by atoms with E-state index < -0.39 is 35.3 Å². The highest BCUT2D eigenvalue weighted by Gasteiger charge is 2.31. The van der Waals surface area contributed by atoms with Crippen molar-refractivity contribution in [3.05, 3.63) is 29.3 Å². The number of ether oxygens (including phenoxy) is 3. The maximum absolute atomic E-state index is 13.3. The summed E-state index contributed by atoms with van der Waals surface area (Å²) >= 11 is 0. The molecular formula is C28H43N3O7. The van der Waals surface area contributed by atoms with Gasteiger partial charge in [0, 0.05) is 25.3 Å². The highest BCUT2D eigenvalue weighted by molar-refractivity contribution is 5.93. The predicted molar refractivity (Wildman–Crippen MR) is 144 cm³/mol. The number of hydrogen-bond acceptors (Lipinski definition) is 8. The van der Waals surface area contributed by atoms with Crippen LogP contribution in [0.4, 0.5) is 10.5 Å². The number of rotatable bonds is 10. The molecule has 0 saturated carbocycles. The molecule has 2 rings (SSSR count). The van der Waals surface area contributed by atoms with Gasteiger partial charge in [-0.2, -0.15) is 0 Å². The lowest BCUT2D eigenvalue weighted by Crippen LogP contribution is -2.42. The first kappa shape index (κ1) is 30.9. The van der Waals surface area contributed by atoms with E-state index in [0.717, 1.165) is 31.2 Å². The maximum Gasteiger partial charge on any atom is 0.407 e. The second-order valence-electron chi connectivity index (χ2n) is 11.5. The van der Waals surface area contributed by atoms with Gasteiger partial charge in [-0.15, -0.1) is 0 Å². The normalized spacial score (nSPS) is 15.6. The van der Waals surface area contributed by atoms with Gasteiger partial charge in [-0.25, -0.2) is 9.59 Å². The first-order chi connectivity index (χ1) is 17.7. The summed E-state index contributed by atoms with van der Waals surface area (Å²) in [7, 11) is 1.29. The zero-order chi connectivity index (χ0) is 28.5. The molecular weight excluding hydrogens is 490 g/mol. The van der Waals surface area contributed by atoms with Gasteiger partial charge in [0.1, 0.15) is 17.2 Å². The van der Waals surface area contributed by atoms with E-state index in [1.165, 1.54) is 7.11 Å². The van der Waals surface area contributed by atoms with Gasteiger partial charge in [-0.05, 0) is 78.1 Å². The Kier molecular flexibility index (Phi) is 11.0. The van der Waals surface area contributed by atoms with Crippen LogP contribution in [-0.2, 0) is 30.3 Å². The second-order valence-corrected chi connectivity index (χ2v) is 11.5. The number of carbonyl (C=O) groups excluding carboxylic acids is 4. The van der Waals surface area contributed by atoms with Gasteiger partial charge in [0.25, 0.3) is 0 Å². The Bertz CT molecular complexity index is 995. The first-order valence-electron chi connectivity index (χ1n) is 13.1. The van der Waals surface area contributed by atoms with Gasteiger partial charge in [-0.3, -0.25) is 9.59 Å². The van der Waals surface area contributed by atoms with Crippen molar-refractivity contribution in [1.82, 2.24) is 10.2 Å². The minimum absolute atomic E-state index is 0.102. The molecule has 2 amide bonds. The molecule has 1 atom stereocenters. The molecule has 1 aromatic carbocycles. The lowest BCUT2D eigenvalue weighted by molar-refractivity contribution is -0.144. The molecule has 1 aliphatic rings. The van der Waals surface area contributed by atoms with Crippen LogP contribution >= 0.6 is 0 Å². The number of carbonyl (C=O) groups is 4. The van der Waals surface area contributed by atoms with Gasteiger partial charge >= 0.3 is 18.0 Å². The third-order valence-corrected chi connectivity index (χ3v) is 5.66. The van der Waals surface area contributed by atoms with Crippen LogP contribution in [-0.4, -0.2) is 66.3 Å². The molecule has 1 aliphatic heterocycles. The van der Waals surface area contributed by atoms with Gasteiger partial charge in [0.05, 0.1) is 19.1 Å². The van der Waals surface area contributed by atoms with E-state index in [2.05, 4.69) is 10.6 Å². The summed E-state index contributed by atoms with van der Waals surface area (Å²) < 4.78 is 15.5. The number of alkyl carbamates (subject to hydrolysis) is 1. The molecule has 0 saturated heterocycles.